The van der Waals surface area contributed by atoms with Crippen molar-refractivity contribution in [3.63, 3.8) is 0 Å². The van der Waals surface area contributed by atoms with Gasteiger partial charge in [-0.25, -0.2) is 0 Å². The first-order valence-electron chi connectivity index (χ1n) is 5.44. The van der Waals surface area contributed by atoms with E-state index in [9.17, 15) is 0 Å². The molecule has 0 spiro atoms. The molecule has 3 heteroatoms. The molecule has 2 N–H and O–H groups in total. The lowest BCUT2D eigenvalue weighted by atomic mass is 10.0. The number of nitrogens with two attached hydrogens (primary N) is 1. The second kappa shape index (κ2) is 4.11. The predicted molar refractivity (Wildman–Crippen MR) is 67.7 cm³/mol. The van der Waals surface area contributed by atoms with Crippen LogP contribution >= 0.6 is 11.6 Å². The topological polar surface area (TPSA) is 39.2 Å². The van der Waals surface area contributed by atoms with E-state index in [1.54, 1.807) is 0 Å². The zero-order valence-electron chi connectivity index (χ0n) is 9.75. The van der Waals surface area contributed by atoms with Crippen LogP contribution in [0.25, 0.3) is 11.0 Å². The second-order valence-electron chi connectivity index (χ2n) is 4.58. The van der Waals surface area contributed by atoms with Crippen molar-refractivity contribution in [3.8, 4) is 0 Å². The van der Waals surface area contributed by atoms with Crippen LogP contribution in [0.4, 0.5) is 0 Å². The highest BCUT2D eigenvalue weighted by Gasteiger charge is 2.16. The lowest BCUT2D eigenvalue weighted by Crippen LogP contribution is -2.15. The molecule has 1 aromatic heterocycles. The Morgan fingerprint density at radius 2 is 1.94 bits per heavy atom. The van der Waals surface area contributed by atoms with Crippen LogP contribution in [0.15, 0.2) is 22.6 Å². The van der Waals surface area contributed by atoms with Crippen molar-refractivity contribution >= 4 is 22.6 Å². The van der Waals surface area contributed by atoms with Crippen LogP contribution in [-0.2, 0) is 0 Å². The van der Waals surface area contributed by atoms with Crippen LogP contribution in [0, 0.1) is 12.8 Å². The maximum Gasteiger partial charge on any atom is 0.136 e. The van der Waals surface area contributed by atoms with E-state index >= 15 is 0 Å². The normalized spacial score (nSPS) is 13.6. The van der Waals surface area contributed by atoms with Crippen LogP contribution in [0.2, 0.25) is 5.02 Å². The number of rotatable bonds is 2. The minimum atomic E-state index is -0.0798. The summed E-state index contributed by atoms with van der Waals surface area (Å²) < 4.78 is 5.74. The smallest absolute Gasteiger partial charge is 0.136 e. The Hall–Kier alpha value is -0.990. The number of aryl methyl sites for hydroxylation is 1. The van der Waals surface area contributed by atoms with E-state index in [1.807, 2.05) is 25.1 Å². The van der Waals surface area contributed by atoms with Crippen molar-refractivity contribution < 1.29 is 4.42 Å². The summed E-state index contributed by atoms with van der Waals surface area (Å²) in [7, 11) is 0. The molecule has 2 rings (SSSR count). The van der Waals surface area contributed by atoms with Crippen molar-refractivity contribution in [2.24, 2.45) is 11.7 Å². The van der Waals surface area contributed by atoms with Gasteiger partial charge in [0.05, 0.1) is 11.1 Å². The number of fused-ring (bicyclic) bond motifs is 1. The summed E-state index contributed by atoms with van der Waals surface area (Å²) in [6.07, 6.45) is 0. The molecule has 0 amide bonds. The van der Waals surface area contributed by atoms with E-state index in [4.69, 9.17) is 21.8 Å². The van der Waals surface area contributed by atoms with Crippen LogP contribution in [0.5, 0.6) is 0 Å². The number of halogens is 1. The maximum atomic E-state index is 6.16. The van der Waals surface area contributed by atoms with Gasteiger partial charge in [0.15, 0.2) is 0 Å². The molecule has 2 nitrogen and oxygen atoms in total. The molecule has 0 saturated heterocycles. The summed E-state index contributed by atoms with van der Waals surface area (Å²) in [5, 5.41) is 1.67. The Morgan fingerprint density at radius 1 is 1.25 bits per heavy atom. The zero-order valence-corrected chi connectivity index (χ0v) is 10.5. The van der Waals surface area contributed by atoms with E-state index in [0.29, 0.717) is 5.92 Å². The molecule has 86 valence electrons. The molecule has 0 aliphatic rings. The van der Waals surface area contributed by atoms with E-state index in [-0.39, 0.29) is 6.04 Å². The molecule has 0 radical (unpaired) electrons. The van der Waals surface area contributed by atoms with E-state index < -0.39 is 0 Å². The summed E-state index contributed by atoms with van der Waals surface area (Å²) in [5.41, 5.74) is 7.96. The molecule has 0 saturated carbocycles. The van der Waals surface area contributed by atoms with Crippen molar-refractivity contribution in [1.82, 2.24) is 0 Å². The number of furan rings is 1. The minimum Gasteiger partial charge on any atom is -0.459 e. The van der Waals surface area contributed by atoms with Gasteiger partial charge >= 0.3 is 0 Å². The minimum absolute atomic E-state index is 0.0798. The zero-order chi connectivity index (χ0) is 11.9. The van der Waals surface area contributed by atoms with Gasteiger partial charge in [0.25, 0.3) is 0 Å². The van der Waals surface area contributed by atoms with Crippen molar-refractivity contribution in [1.29, 1.82) is 0 Å². The molecule has 1 heterocycles. The maximum absolute atomic E-state index is 6.16. The fourth-order valence-electron chi connectivity index (χ4n) is 1.74. The number of benzene rings is 1. The molecule has 0 fully saturated rings. The number of hydrogen-bond donors (Lipinski definition) is 1. The molecule has 0 aliphatic heterocycles. The van der Waals surface area contributed by atoms with Crippen LogP contribution in [-0.4, -0.2) is 0 Å². The molecule has 2 aromatic rings. The fourth-order valence-corrected chi connectivity index (χ4v) is 2.06. The summed E-state index contributed by atoms with van der Waals surface area (Å²) in [4.78, 5) is 0. The van der Waals surface area contributed by atoms with Gasteiger partial charge in [-0.05, 0) is 36.6 Å². The Bertz CT molecular complexity index is 516. The molecule has 1 atom stereocenters. The van der Waals surface area contributed by atoms with E-state index in [2.05, 4.69) is 13.8 Å². The average Bonchev–Trinajstić information content (AvgIpc) is 2.60. The predicted octanol–water partition coefficient (Wildman–Crippen LogP) is 4.05. The average molecular weight is 238 g/mol. The monoisotopic (exact) mass is 237 g/mol. The van der Waals surface area contributed by atoms with Crippen molar-refractivity contribution in [2.75, 3.05) is 0 Å². The van der Waals surface area contributed by atoms with Gasteiger partial charge in [0.1, 0.15) is 11.3 Å². The third-order valence-corrected chi connectivity index (χ3v) is 3.11. The van der Waals surface area contributed by atoms with Crippen LogP contribution in [0.3, 0.4) is 0 Å². The SMILES string of the molecule is Cc1cc(Cl)c2cc([C@@H](N)C(C)C)oc2c1. The quantitative estimate of drug-likeness (QED) is 0.856. The van der Waals surface area contributed by atoms with E-state index in [1.165, 1.54) is 0 Å². The van der Waals surface area contributed by atoms with Crippen molar-refractivity contribution in [2.45, 2.75) is 26.8 Å². The summed E-state index contributed by atoms with van der Waals surface area (Å²) in [6.45, 7) is 6.14. The third kappa shape index (κ3) is 1.95. The van der Waals surface area contributed by atoms with Gasteiger partial charge < -0.3 is 10.2 Å². The summed E-state index contributed by atoms with van der Waals surface area (Å²) in [6, 6.07) is 5.78. The van der Waals surface area contributed by atoms with Crippen LogP contribution in [0.1, 0.15) is 31.2 Å². The van der Waals surface area contributed by atoms with Gasteiger partial charge in [-0.15, -0.1) is 0 Å². The summed E-state index contributed by atoms with van der Waals surface area (Å²) >= 11 is 6.16. The lowest BCUT2D eigenvalue weighted by molar-refractivity contribution is 0.418. The van der Waals surface area contributed by atoms with Crippen LogP contribution < -0.4 is 5.73 Å². The van der Waals surface area contributed by atoms with Gasteiger partial charge in [0, 0.05) is 5.39 Å². The third-order valence-electron chi connectivity index (χ3n) is 2.80. The molecular formula is C13H16ClNO. The molecule has 16 heavy (non-hydrogen) atoms. The van der Waals surface area contributed by atoms with Gasteiger partial charge in [-0.2, -0.15) is 0 Å². The Labute approximate surface area is 100 Å². The Morgan fingerprint density at radius 3 is 2.56 bits per heavy atom. The second-order valence-corrected chi connectivity index (χ2v) is 4.98. The highest BCUT2D eigenvalue weighted by molar-refractivity contribution is 6.35. The number of hydrogen-bond acceptors (Lipinski definition) is 2. The van der Waals surface area contributed by atoms with Gasteiger partial charge in [0.2, 0.25) is 0 Å². The largest absolute Gasteiger partial charge is 0.459 e. The van der Waals surface area contributed by atoms with Gasteiger partial charge in [-0.1, -0.05) is 25.4 Å². The van der Waals surface area contributed by atoms with Gasteiger partial charge in [-0.3, -0.25) is 0 Å². The molecular weight excluding hydrogens is 222 g/mol. The highest BCUT2D eigenvalue weighted by atomic mass is 35.5. The first-order chi connectivity index (χ1) is 7.49. The first-order valence-corrected chi connectivity index (χ1v) is 5.82. The lowest BCUT2D eigenvalue weighted by Gasteiger charge is -2.11. The molecule has 1 aromatic carbocycles. The Balaban J connectivity index is 2.56. The fraction of sp³-hybridized carbons (Fsp3) is 0.385. The van der Waals surface area contributed by atoms with Crippen molar-refractivity contribution in [3.05, 3.63) is 34.5 Å². The van der Waals surface area contributed by atoms with E-state index in [0.717, 1.165) is 27.3 Å². The Kier molecular flexibility index (Phi) is 2.96. The standard InChI is InChI=1S/C13H16ClNO/c1-7(2)13(15)12-6-9-10(14)4-8(3)5-11(9)16-12/h4-7,13H,15H2,1-3H3/t13-/m0/s1. The molecule has 0 aliphatic carbocycles. The first kappa shape index (κ1) is 11.5. The highest BCUT2D eigenvalue weighted by Crippen LogP contribution is 2.31. The summed E-state index contributed by atoms with van der Waals surface area (Å²) in [5.74, 6) is 1.15. The molecule has 0 bridgehead atoms. The molecule has 0 unspecified atom stereocenters.